The van der Waals surface area contributed by atoms with E-state index >= 15 is 0 Å². The van der Waals surface area contributed by atoms with E-state index in [4.69, 9.17) is 9.47 Å². The van der Waals surface area contributed by atoms with Gasteiger partial charge in [0, 0.05) is 16.6 Å². The monoisotopic (exact) mass is 520 g/mol. The summed E-state index contributed by atoms with van der Waals surface area (Å²) in [5.74, 6) is -0.0626. The van der Waals surface area contributed by atoms with Gasteiger partial charge in [0.25, 0.3) is 5.91 Å². The quantitative estimate of drug-likeness (QED) is 0.283. The molecule has 0 saturated heterocycles. The molecule has 0 saturated carbocycles. The van der Waals surface area contributed by atoms with Crippen LogP contribution >= 0.6 is 0 Å². The van der Waals surface area contributed by atoms with Crippen molar-refractivity contribution in [3.05, 3.63) is 83.4 Å². The highest BCUT2D eigenvalue weighted by Gasteiger charge is 2.37. The Labute approximate surface area is 206 Å². The minimum absolute atomic E-state index is 0.00125. The van der Waals surface area contributed by atoms with Gasteiger partial charge in [-0.05, 0) is 48.5 Å². The van der Waals surface area contributed by atoms with Crippen LogP contribution in [0.1, 0.15) is 21.5 Å². The van der Waals surface area contributed by atoms with Crippen LogP contribution in [0.3, 0.4) is 0 Å². The lowest BCUT2D eigenvalue weighted by Gasteiger charge is -2.16. The molecule has 4 rings (SSSR count). The minimum atomic E-state index is -5.05. The first-order valence-electron chi connectivity index (χ1n) is 10.6. The predicted octanol–water partition coefficient (Wildman–Crippen LogP) is 7.21. The van der Waals surface area contributed by atoms with Crippen molar-refractivity contribution < 1.29 is 40.6 Å². The normalized spacial score (nSPS) is 11.9. The van der Waals surface area contributed by atoms with Gasteiger partial charge in [-0.25, -0.2) is 4.98 Å². The Morgan fingerprint density at radius 1 is 0.784 bits per heavy atom. The number of alkyl halides is 6. The molecule has 4 aromatic rings. The molecule has 0 unspecified atom stereocenters. The summed E-state index contributed by atoms with van der Waals surface area (Å²) in [6.45, 7) is 0. The molecule has 0 aliphatic rings. The zero-order chi connectivity index (χ0) is 27.0. The van der Waals surface area contributed by atoms with Crippen molar-refractivity contribution in [2.24, 2.45) is 0 Å². The van der Waals surface area contributed by atoms with E-state index in [2.05, 4.69) is 10.3 Å². The number of benzene rings is 3. The van der Waals surface area contributed by atoms with Crippen molar-refractivity contribution in [2.75, 3.05) is 19.5 Å². The molecule has 0 aliphatic heterocycles. The molecule has 1 amide bonds. The molecule has 0 aliphatic carbocycles. The van der Waals surface area contributed by atoms with Gasteiger partial charge in [0.1, 0.15) is 0 Å². The number of ether oxygens (including phenoxy) is 2. The van der Waals surface area contributed by atoms with Crippen LogP contribution in [0.25, 0.3) is 22.2 Å². The Kier molecular flexibility index (Phi) is 6.72. The molecule has 0 atom stereocenters. The van der Waals surface area contributed by atoms with Crippen LogP contribution in [-0.2, 0) is 12.4 Å². The fraction of sp³-hybridized carbons (Fsp3) is 0.154. The molecule has 0 radical (unpaired) electrons. The van der Waals surface area contributed by atoms with Crippen molar-refractivity contribution >= 4 is 22.5 Å². The first-order valence-corrected chi connectivity index (χ1v) is 10.6. The summed E-state index contributed by atoms with van der Waals surface area (Å²) in [5.41, 5.74) is -2.48. The molecular formula is C26H18F6N2O3. The summed E-state index contributed by atoms with van der Waals surface area (Å²) in [6.07, 6.45) is -10.1. The highest BCUT2D eigenvalue weighted by Crippen LogP contribution is 2.38. The summed E-state index contributed by atoms with van der Waals surface area (Å²) < 4.78 is 90.0. The maximum atomic E-state index is 13.3. The van der Waals surface area contributed by atoms with E-state index in [-0.39, 0.29) is 11.6 Å². The largest absolute Gasteiger partial charge is 0.493 e. The predicted molar refractivity (Wildman–Crippen MR) is 125 cm³/mol. The van der Waals surface area contributed by atoms with Gasteiger partial charge >= 0.3 is 12.4 Å². The fourth-order valence-corrected chi connectivity index (χ4v) is 3.73. The molecular weight excluding hydrogens is 502 g/mol. The molecule has 0 fully saturated rings. The average Bonchev–Trinajstić information content (AvgIpc) is 2.86. The molecule has 1 heterocycles. The lowest BCUT2D eigenvalue weighted by atomic mass is 10.0. The average molecular weight is 520 g/mol. The number of carbonyl (C=O) groups is 1. The second kappa shape index (κ2) is 9.64. The van der Waals surface area contributed by atoms with Crippen LogP contribution in [0.15, 0.2) is 66.7 Å². The highest BCUT2D eigenvalue weighted by molar-refractivity contribution is 6.13. The van der Waals surface area contributed by atoms with Crippen molar-refractivity contribution in [2.45, 2.75) is 12.4 Å². The van der Waals surface area contributed by atoms with E-state index in [0.29, 0.717) is 45.8 Å². The lowest BCUT2D eigenvalue weighted by Crippen LogP contribution is -2.16. The molecule has 1 aromatic heterocycles. The Morgan fingerprint density at radius 2 is 1.41 bits per heavy atom. The molecule has 192 valence electrons. The summed E-state index contributed by atoms with van der Waals surface area (Å²) in [6, 6.07) is 13.7. The minimum Gasteiger partial charge on any atom is -0.493 e. The summed E-state index contributed by atoms with van der Waals surface area (Å²) in [7, 11) is 2.91. The van der Waals surface area contributed by atoms with Gasteiger partial charge in [-0.15, -0.1) is 0 Å². The van der Waals surface area contributed by atoms with E-state index in [1.54, 1.807) is 42.5 Å². The number of para-hydroxylation sites is 1. The summed E-state index contributed by atoms with van der Waals surface area (Å²) in [5, 5.41) is 2.54. The number of nitrogens with zero attached hydrogens (tertiary/aromatic N) is 1. The second-order valence-corrected chi connectivity index (χ2v) is 7.89. The zero-order valence-corrected chi connectivity index (χ0v) is 19.3. The number of rotatable bonds is 5. The first-order chi connectivity index (χ1) is 17.4. The van der Waals surface area contributed by atoms with Crippen molar-refractivity contribution in [3.63, 3.8) is 0 Å². The van der Waals surface area contributed by atoms with Gasteiger partial charge < -0.3 is 14.8 Å². The molecule has 11 heteroatoms. The van der Waals surface area contributed by atoms with Crippen LogP contribution in [-0.4, -0.2) is 25.1 Å². The fourth-order valence-electron chi connectivity index (χ4n) is 3.73. The second-order valence-electron chi connectivity index (χ2n) is 7.89. The van der Waals surface area contributed by atoms with Gasteiger partial charge in [-0.3, -0.25) is 4.79 Å². The Hall–Kier alpha value is -4.28. The van der Waals surface area contributed by atoms with Gasteiger partial charge in [-0.2, -0.15) is 26.3 Å². The number of aromatic nitrogens is 1. The third kappa shape index (κ3) is 5.45. The highest BCUT2D eigenvalue weighted by atomic mass is 19.4. The number of methoxy groups -OCH3 is 2. The van der Waals surface area contributed by atoms with E-state index in [1.165, 1.54) is 20.3 Å². The summed E-state index contributed by atoms with van der Waals surface area (Å²) >= 11 is 0. The van der Waals surface area contributed by atoms with Crippen LogP contribution in [0, 0.1) is 0 Å². The van der Waals surface area contributed by atoms with Crippen LogP contribution in [0.5, 0.6) is 11.5 Å². The Morgan fingerprint density at radius 3 is 2.00 bits per heavy atom. The third-order valence-corrected chi connectivity index (χ3v) is 5.49. The van der Waals surface area contributed by atoms with Gasteiger partial charge in [-0.1, -0.05) is 18.2 Å². The van der Waals surface area contributed by atoms with Crippen LogP contribution in [0.4, 0.5) is 32.0 Å². The first kappa shape index (κ1) is 25.8. The van der Waals surface area contributed by atoms with Gasteiger partial charge in [0.2, 0.25) is 0 Å². The molecule has 5 nitrogen and oxygen atoms in total. The number of anilines is 1. The van der Waals surface area contributed by atoms with Crippen molar-refractivity contribution in [1.29, 1.82) is 0 Å². The topological polar surface area (TPSA) is 60.5 Å². The number of amides is 1. The van der Waals surface area contributed by atoms with Crippen LogP contribution < -0.4 is 14.8 Å². The number of pyridine rings is 1. The molecule has 1 N–H and O–H groups in total. The number of carbonyl (C=O) groups excluding carboxylic acids is 1. The van der Waals surface area contributed by atoms with Gasteiger partial charge in [0.15, 0.2) is 11.5 Å². The van der Waals surface area contributed by atoms with Crippen LogP contribution in [0.2, 0.25) is 0 Å². The Balaban J connectivity index is 1.81. The SMILES string of the molecule is COc1ccc(-c2cc(C(=O)Nc3cc(C(F)(F)F)cc(C(F)(F)F)c3)c3ccccc3n2)cc1OC. The number of nitrogens with one attached hydrogen (secondary N) is 1. The van der Waals surface area contributed by atoms with Gasteiger partial charge in [0.05, 0.1) is 42.1 Å². The molecule has 0 spiro atoms. The number of halogens is 6. The molecule has 37 heavy (non-hydrogen) atoms. The lowest BCUT2D eigenvalue weighted by molar-refractivity contribution is -0.143. The number of hydrogen-bond acceptors (Lipinski definition) is 4. The standard InChI is InChI=1S/C26H18F6N2O3/c1-36-22-8-7-14(9-23(22)37-2)21-13-19(18-5-3-4-6-20(18)34-21)24(35)33-17-11-15(25(27,28)29)10-16(12-17)26(30,31)32/h3-13H,1-2H3,(H,33,35). The molecule has 3 aromatic carbocycles. The number of fused-ring (bicyclic) bond motifs is 1. The van der Waals surface area contributed by atoms with E-state index in [1.807, 2.05) is 0 Å². The van der Waals surface area contributed by atoms with Crippen molar-refractivity contribution in [1.82, 2.24) is 4.98 Å². The summed E-state index contributed by atoms with van der Waals surface area (Å²) in [4.78, 5) is 17.8. The third-order valence-electron chi connectivity index (χ3n) is 5.49. The smallest absolute Gasteiger partial charge is 0.416 e. The zero-order valence-electron chi connectivity index (χ0n) is 19.3. The maximum Gasteiger partial charge on any atom is 0.416 e. The van der Waals surface area contributed by atoms with E-state index in [0.717, 1.165) is 0 Å². The van der Waals surface area contributed by atoms with E-state index in [9.17, 15) is 31.1 Å². The Bertz CT molecular complexity index is 1450. The number of hydrogen-bond donors (Lipinski definition) is 1. The maximum absolute atomic E-state index is 13.3. The molecule has 0 bridgehead atoms. The van der Waals surface area contributed by atoms with Crippen molar-refractivity contribution in [3.8, 4) is 22.8 Å². The van der Waals surface area contributed by atoms with E-state index < -0.39 is 35.1 Å².